The summed E-state index contributed by atoms with van der Waals surface area (Å²) in [7, 11) is 0. The summed E-state index contributed by atoms with van der Waals surface area (Å²) in [5.41, 5.74) is 5.98. The first-order valence-corrected chi connectivity index (χ1v) is 13.5. The number of hydrogen-bond donors (Lipinski definition) is 3. The van der Waals surface area contributed by atoms with Crippen LogP contribution in [0.3, 0.4) is 0 Å². The topological polar surface area (TPSA) is 140 Å². The van der Waals surface area contributed by atoms with E-state index in [1.54, 1.807) is 24.3 Å². The van der Waals surface area contributed by atoms with E-state index in [4.69, 9.17) is 10.5 Å². The molecule has 4 bridgehead atoms. The van der Waals surface area contributed by atoms with Crippen LogP contribution >= 0.6 is 0 Å². The Morgan fingerprint density at radius 2 is 1.71 bits per heavy atom. The van der Waals surface area contributed by atoms with Gasteiger partial charge in [-0.05, 0) is 88.3 Å². The maximum absolute atomic E-state index is 13.1. The zero-order chi connectivity index (χ0) is 26.5. The summed E-state index contributed by atoms with van der Waals surface area (Å²) in [6, 6.07) is 10.2. The molecule has 7 rings (SSSR count). The van der Waals surface area contributed by atoms with Crippen LogP contribution in [0.25, 0.3) is 0 Å². The van der Waals surface area contributed by atoms with E-state index in [0.717, 1.165) is 44.2 Å². The Morgan fingerprint density at radius 3 is 2.42 bits per heavy atom. The summed E-state index contributed by atoms with van der Waals surface area (Å²) >= 11 is 0. The van der Waals surface area contributed by atoms with Gasteiger partial charge in [0.1, 0.15) is 17.6 Å². The predicted octanol–water partition coefficient (Wildman–Crippen LogP) is 2.85. The van der Waals surface area contributed by atoms with Gasteiger partial charge in [0.25, 0.3) is 5.91 Å². The predicted molar refractivity (Wildman–Crippen MR) is 140 cm³/mol. The number of primary amides is 1. The molecule has 3 heterocycles. The van der Waals surface area contributed by atoms with Crippen molar-refractivity contribution in [1.29, 1.82) is 0 Å². The summed E-state index contributed by atoms with van der Waals surface area (Å²) in [4.78, 5) is 48.8. The van der Waals surface area contributed by atoms with E-state index >= 15 is 0 Å². The van der Waals surface area contributed by atoms with Crippen molar-refractivity contribution in [3.8, 4) is 5.88 Å². The molecule has 5 fully saturated rings. The molecular formula is C28H34N6O4. The normalized spacial score (nSPS) is 31.2. The highest BCUT2D eigenvalue weighted by atomic mass is 16.6. The first-order valence-electron chi connectivity index (χ1n) is 13.5. The lowest BCUT2D eigenvalue weighted by Gasteiger charge is -2.61. The molecule has 2 unspecified atom stereocenters. The minimum Gasteiger partial charge on any atom is -0.391 e. The number of aromatic nitrogens is 2. The second-order valence-corrected chi connectivity index (χ2v) is 11.7. The molecule has 5 aliphatic rings. The standard InChI is InChI=1S/C28H34N6O4/c1-17-5-2-6-20(30-17)25(36)32-27-12-18-11-19(13-27)15-28(14-18,16-27)33-26(37)38-23-9-3-8-22(31-23)34-10-4-7-21(34)24(29)35/h2-3,5-6,8-9,18-19,21H,4,7,10-16H2,1H3,(H2,29,35)(H,32,36)(H,33,37)/t18?,19?,21-,27?,28?/m0/s1. The van der Waals surface area contributed by atoms with Gasteiger partial charge >= 0.3 is 6.09 Å². The van der Waals surface area contributed by atoms with Crippen LogP contribution in [0.5, 0.6) is 5.88 Å². The van der Waals surface area contributed by atoms with Crippen molar-refractivity contribution in [2.75, 3.05) is 11.4 Å². The fourth-order valence-electron chi connectivity index (χ4n) is 7.82. The van der Waals surface area contributed by atoms with Crippen LogP contribution in [-0.4, -0.2) is 51.5 Å². The van der Waals surface area contributed by atoms with Gasteiger partial charge in [0.15, 0.2) is 0 Å². The zero-order valence-corrected chi connectivity index (χ0v) is 21.6. The van der Waals surface area contributed by atoms with E-state index in [2.05, 4.69) is 20.6 Å². The summed E-state index contributed by atoms with van der Waals surface area (Å²) in [5.74, 6) is 1.07. The average molecular weight is 519 g/mol. The third-order valence-electron chi connectivity index (χ3n) is 8.71. The van der Waals surface area contributed by atoms with Crippen LogP contribution in [0.2, 0.25) is 0 Å². The SMILES string of the molecule is Cc1cccc(C(=O)NC23CC4CC(CC(NC(=O)Oc5cccc(N6CCC[C@H]6C(N)=O)n5)(C4)C2)C3)n1. The number of ether oxygens (including phenoxy) is 1. The number of carbonyl (C=O) groups excluding carboxylic acids is 3. The van der Waals surface area contributed by atoms with E-state index in [-0.39, 0.29) is 23.2 Å². The first-order chi connectivity index (χ1) is 18.2. The number of nitrogens with zero attached hydrogens (tertiary/aromatic N) is 3. The van der Waals surface area contributed by atoms with Crippen molar-refractivity contribution in [2.45, 2.75) is 75.4 Å². The number of hydrogen-bond acceptors (Lipinski definition) is 7. The average Bonchev–Trinajstić information content (AvgIpc) is 3.33. The molecule has 0 radical (unpaired) electrons. The van der Waals surface area contributed by atoms with Gasteiger partial charge < -0.3 is 26.0 Å². The largest absolute Gasteiger partial charge is 0.414 e. The van der Waals surface area contributed by atoms with Gasteiger partial charge in [-0.2, -0.15) is 4.98 Å². The number of nitrogens with two attached hydrogens (primary N) is 1. The Hall–Kier alpha value is -3.69. The van der Waals surface area contributed by atoms with E-state index in [9.17, 15) is 14.4 Å². The van der Waals surface area contributed by atoms with Gasteiger partial charge in [-0.1, -0.05) is 12.1 Å². The maximum atomic E-state index is 13.1. The van der Waals surface area contributed by atoms with Crippen molar-refractivity contribution in [1.82, 2.24) is 20.6 Å². The van der Waals surface area contributed by atoms with Gasteiger partial charge in [-0.15, -0.1) is 0 Å². The number of aryl methyl sites for hydroxylation is 1. The van der Waals surface area contributed by atoms with Gasteiger partial charge in [0, 0.05) is 29.4 Å². The molecule has 3 atom stereocenters. The molecule has 0 spiro atoms. The Morgan fingerprint density at radius 1 is 1.00 bits per heavy atom. The molecule has 0 aromatic carbocycles. The van der Waals surface area contributed by atoms with Crippen LogP contribution in [0.4, 0.5) is 10.6 Å². The molecule has 1 aliphatic heterocycles. The summed E-state index contributed by atoms with van der Waals surface area (Å²) in [5, 5.41) is 6.50. The Bertz CT molecular complexity index is 1270. The van der Waals surface area contributed by atoms with Crippen LogP contribution in [-0.2, 0) is 4.79 Å². The maximum Gasteiger partial charge on any atom is 0.414 e. The fourth-order valence-corrected chi connectivity index (χ4v) is 7.82. The van der Waals surface area contributed by atoms with Gasteiger partial charge in [0.2, 0.25) is 11.8 Å². The monoisotopic (exact) mass is 518 g/mol. The smallest absolute Gasteiger partial charge is 0.391 e. The number of amides is 3. The van der Waals surface area contributed by atoms with Gasteiger partial charge in [-0.25, -0.2) is 9.78 Å². The molecular weight excluding hydrogens is 484 g/mol. The number of anilines is 1. The molecule has 10 nitrogen and oxygen atoms in total. The third-order valence-corrected chi connectivity index (χ3v) is 8.71. The van der Waals surface area contributed by atoms with Crippen molar-refractivity contribution in [2.24, 2.45) is 17.6 Å². The lowest BCUT2D eigenvalue weighted by atomic mass is 9.50. The Balaban J connectivity index is 1.15. The molecule has 200 valence electrons. The minimum absolute atomic E-state index is 0.162. The minimum atomic E-state index is -0.550. The van der Waals surface area contributed by atoms with E-state index in [1.807, 2.05) is 24.0 Å². The fraction of sp³-hybridized carbons (Fsp3) is 0.536. The highest BCUT2D eigenvalue weighted by Crippen LogP contribution is 2.57. The Labute approximate surface area is 221 Å². The molecule has 4 aliphatic carbocycles. The zero-order valence-electron chi connectivity index (χ0n) is 21.6. The molecule has 3 amide bonds. The van der Waals surface area contributed by atoms with Crippen molar-refractivity contribution >= 4 is 23.7 Å². The summed E-state index contributed by atoms with van der Waals surface area (Å²) < 4.78 is 5.64. The molecule has 4 saturated carbocycles. The second kappa shape index (κ2) is 9.25. The number of rotatable bonds is 6. The molecule has 38 heavy (non-hydrogen) atoms. The van der Waals surface area contributed by atoms with Crippen LogP contribution in [0.15, 0.2) is 36.4 Å². The number of nitrogens with one attached hydrogen (secondary N) is 2. The molecule has 2 aromatic heterocycles. The second-order valence-electron chi connectivity index (χ2n) is 11.7. The van der Waals surface area contributed by atoms with E-state index in [1.165, 1.54) is 0 Å². The quantitative estimate of drug-likeness (QED) is 0.534. The summed E-state index contributed by atoms with van der Waals surface area (Å²) in [6.07, 6.45) is 6.36. The molecule has 4 N–H and O–H groups in total. The third kappa shape index (κ3) is 4.68. The lowest BCUT2D eigenvalue weighted by molar-refractivity contribution is -0.119. The molecule has 10 heteroatoms. The Kier molecular flexibility index (Phi) is 6.00. The van der Waals surface area contributed by atoms with Crippen LogP contribution in [0.1, 0.15) is 67.5 Å². The van der Waals surface area contributed by atoms with Gasteiger partial charge in [-0.3, -0.25) is 9.59 Å². The number of carbonyl (C=O) groups is 3. The van der Waals surface area contributed by atoms with Crippen molar-refractivity contribution in [3.63, 3.8) is 0 Å². The summed E-state index contributed by atoms with van der Waals surface area (Å²) in [6.45, 7) is 2.55. The number of pyridine rings is 2. The van der Waals surface area contributed by atoms with E-state index < -0.39 is 17.7 Å². The molecule has 2 aromatic rings. The van der Waals surface area contributed by atoms with E-state index in [0.29, 0.717) is 42.7 Å². The van der Waals surface area contributed by atoms with Crippen molar-refractivity contribution < 1.29 is 19.1 Å². The van der Waals surface area contributed by atoms with Gasteiger partial charge in [0.05, 0.1) is 0 Å². The molecule has 1 saturated heterocycles. The van der Waals surface area contributed by atoms with Crippen molar-refractivity contribution in [3.05, 3.63) is 47.8 Å². The van der Waals surface area contributed by atoms with Crippen LogP contribution in [0, 0.1) is 18.8 Å². The highest BCUT2D eigenvalue weighted by Gasteiger charge is 2.59. The highest BCUT2D eigenvalue weighted by molar-refractivity contribution is 5.93. The lowest BCUT2D eigenvalue weighted by Crippen LogP contribution is -2.70. The van der Waals surface area contributed by atoms with Crippen LogP contribution < -0.4 is 26.0 Å². The first kappa shape index (κ1) is 24.6.